The summed E-state index contributed by atoms with van der Waals surface area (Å²) in [6, 6.07) is 15.7. The largest absolute Gasteiger partial charge is 0.268 e. The first kappa shape index (κ1) is 18.2. The molecule has 0 aliphatic heterocycles. The van der Waals surface area contributed by atoms with Gasteiger partial charge >= 0.3 is 0 Å². The standard InChI is InChI=1S/C18H15N3O3S2/c1-26(23,24)11-10-25-18-20-16-5-3-2-4-15(16)17(22)21(18)14-8-6-13(12-19)7-9-14/h2-9H,10-11H2,1H3. The van der Waals surface area contributed by atoms with Gasteiger partial charge in [0, 0.05) is 12.0 Å². The molecule has 0 atom stereocenters. The predicted molar refractivity (Wildman–Crippen MR) is 102 cm³/mol. The molecule has 0 amide bonds. The van der Waals surface area contributed by atoms with E-state index in [0.717, 1.165) is 0 Å². The number of para-hydroxylation sites is 1. The molecule has 0 unspecified atom stereocenters. The Morgan fingerprint density at radius 3 is 2.50 bits per heavy atom. The van der Waals surface area contributed by atoms with E-state index in [9.17, 15) is 13.2 Å². The van der Waals surface area contributed by atoms with Crippen LogP contribution >= 0.6 is 11.8 Å². The van der Waals surface area contributed by atoms with E-state index in [4.69, 9.17) is 5.26 Å². The van der Waals surface area contributed by atoms with Gasteiger partial charge < -0.3 is 0 Å². The van der Waals surface area contributed by atoms with Gasteiger partial charge in [-0.05, 0) is 36.4 Å². The quantitative estimate of drug-likeness (QED) is 0.495. The smallest absolute Gasteiger partial charge is 0.266 e. The van der Waals surface area contributed by atoms with E-state index >= 15 is 0 Å². The monoisotopic (exact) mass is 385 g/mol. The van der Waals surface area contributed by atoms with Gasteiger partial charge in [-0.1, -0.05) is 23.9 Å². The Labute approximate surface area is 155 Å². The van der Waals surface area contributed by atoms with Gasteiger partial charge in [0.25, 0.3) is 5.56 Å². The maximum atomic E-state index is 13.0. The van der Waals surface area contributed by atoms with E-state index < -0.39 is 9.84 Å². The van der Waals surface area contributed by atoms with Crippen LogP contribution in [0.5, 0.6) is 0 Å². The SMILES string of the molecule is CS(=O)(=O)CCSc1nc2ccccc2c(=O)n1-c1ccc(C#N)cc1. The van der Waals surface area contributed by atoms with Crippen molar-refractivity contribution < 1.29 is 8.42 Å². The van der Waals surface area contributed by atoms with E-state index in [2.05, 4.69) is 4.98 Å². The predicted octanol–water partition coefficient (Wildman–Crippen LogP) is 2.39. The molecule has 8 heteroatoms. The van der Waals surface area contributed by atoms with Crippen molar-refractivity contribution >= 4 is 32.5 Å². The number of thioether (sulfide) groups is 1. The van der Waals surface area contributed by atoms with Crippen molar-refractivity contribution in [1.82, 2.24) is 9.55 Å². The number of nitriles is 1. The molecule has 0 saturated heterocycles. The summed E-state index contributed by atoms with van der Waals surface area (Å²) in [5.41, 5.74) is 1.39. The number of rotatable bonds is 5. The first-order valence-electron chi connectivity index (χ1n) is 7.72. The Balaban J connectivity index is 2.14. The molecule has 0 aliphatic carbocycles. The number of fused-ring (bicyclic) bond motifs is 1. The van der Waals surface area contributed by atoms with Crippen LogP contribution in [-0.2, 0) is 9.84 Å². The van der Waals surface area contributed by atoms with Gasteiger partial charge in [-0.25, -0.2) is 13.4 Å². The molecule has 3 aromatic rings. The average Bonchev–Trinajstić information content (AvgIpc) is 2.61. The molecule has 0 fully saturated rings. The van der Waals surface area contributed by atoms with Crippen LogP contribution in [0.1, 0.15) is 5.56 Å². The maximum absolute atomic E-state index is 13.0. The van der Waals surface area contributed by atoms with Crippen LogP contribution in [0.15, 0.2) is 58.5 Å². The zero-order valence-electron chi connectivity index (χ0n) is 13.9. The second-order valence-electron chi connectivity index (χ2n) is 5.69. The van der Waals surface area contributed by atoms with Gasteiger partial charge in [0.05, 0.1) is 34.0 Å². The molecule has 1 heterocycles. The molecule has 2 aromatic carbocycles. The van der Waals surface area contributed by atoms with Crippen molar-refractivity contribution in [2.24, 2.45) is 0 Å². The lowest BCUT2D eigenvalue weighted by atomic mass is 10.2. The van der Waals surface area contributed by atoms with Gasteiger partial charge in [0.1, 0.15) is 9.84 Å². The third kappa shape index (κ3) is 3.95. The van der Waals surface area contributed by atoms with Crippen LogP contribution in [0.25, 0.3) is 16.6 Å². The molecular weight excluding hydrogens is 370 g/mol. The van der Waals surface area contributed by atoms with Crippen LogP contribution in [-0.4, -0.2) is 35.7 Å². The lowest BCUT2D eigenvalue weighted by molar-refractivity contribution is 0.603. The van der Waals surface area contributed by atoms with Crippen molar-refractivity contribution in [3.63, 3.8) is 0 Å². The minimum absolute atomic E-state index is 0.00622. The molecule has 0 radical (unpaired) electrons. The number of benzene rings is 2. The van der Waals surface area contributed by atoms with E-state index in [1.807, 2.05) is 6.07 Å². The van der Waals surface area contributed by atoms with Crippen molar-refractivity contribution in [2.45, 2.75) is 5.16 Å². The van der Waals surface area contributed by atoms with Gasteiger partial charge in [-0.3, -0.25) is 9.36 Å². The van der Waals surface area contributed by atoms with Gasteiger partial charge in [-0.15, -0.1) is 0 Å². The topological polar surface area (TPSA) is 92.8 Å². The Kier molecular flexibility index (Phi) is 5.11. The number of sulfone groups is 1. The summed E-state index contributed by atoms with van der Waals surface area (Å²) >= 11 is 1.22. The van der Waals surface area contributed by atoms with Crippen LogP contribution in [0, 0.1) is 11.3 Å². The van der Waals surface area contributed by atoms with Gasteiger partial charge in [-0.2, -0.15) is 5.26 Å². The molecular formula is C18H15N3O3S2. The summed E-state index contributed by atoms with van der Waals surface area (Å²) in [5.74, 6) is 0.285. The Bertz CT molecular complexity index is 1160. The number of aromatic nitrogens is 2. The van der Waals surface area contributed by atoms with E-state index in [1.54, 1.807) is 48.5 Å². The molecule has 1 aromatic heterocycles. The second kappa shape index (κ2) is 7.32. The molecule has 26 heavy (non-hydrogen) atoms. The fraction of sp³-hybridized carbons (Fsp3) is 0.167. The highest BCUT2D eigenvalue weighted by Crippen LogP contribution is 2.21. The Hall–Kier alpha value is -2.63. The van der Waals surface area contributed by atoms with Crippen molar-refractivity contribution in [1.29, 1.82) is 5.26 Å². The third-order valence-corrected chi connectivity index (χ3v) is 5.83. The van der Waals surface area contributed by atoms with Crippen molar-refractivity contribution in [3.05, 3.63) is 64.4 Å². The second-order valence-corrected chi connectivity index (χ2v) is 9.01. The molecule has 0 aliphatic rings. The molecule has 0 bridgehead atoms. The Morgan fingerprint density at radius 1 is 1.15 bits per heavy atom. The first-order chi connectivity index (χ1) is 12.4. The summed E-state index contributed by atoms with van der Waals surface area (Å²) < 4.78 is 24.2. The summed E-state index contributed by atoms with van der Waals surface area (Å²) in [5, 5.41) is 9.84. The fourth-order valence-corrected chi connectivity index (χ4v) is 4.61. The number of hydrogen-bond acceptors (Lipinski definition) is 6. The molecule has 0 saturated carbocycles. The Morgan fingerprint density at radius 2 is 1.85 bits per heavy atom. The number of hydrogen-bond donors (Lipinski definition) is 0. The number of nitrogens with zero attached hydrogens (tertiary/aromatic N) is 3. The van der Waals surface area contributed by atoms with E-state index in [1.165, 1.54) is 22.6 Å². The minimum atomic E-state index is -3.11. The minimum Gasteiger partial charge on any atom is -0.268 e. The van der Waals surface area contributed by atoms with Crippen molar-refractivity contribution in [2.75, 3.05) is 17.8 Å². The zero-order valence-corrected chi connectivity index (χ0v) is 15.5. The van der Waals surface area contributed by atoms with Crippen LogP contribution < -0.4 is 5.56 Å². The van der Waals surface area contributed by atoms with Crippen LogP contribution in [0.2, 0.25) is 0 Å². The van der Waals surface area contributed by atoms with Gasteiger partial charge in [0.15, 0.2) is 5.16 Å². The van der Waals surface area contributed by atoms with Crippen LogP contribution in [0.3, 0.4) is 0 Å². The van der Waals surface area contributed by atoms with Crippen LogP contribution in [0.4, 0.5) is 0 Å². The maximum Gasteiger partial charge on any atom is 0.266 e. The molecule has 3 rings (SSSR count). The normalized spacial score (nSPS) is 11.4. The highest BCUT2D eigenvalue weighted by Gasteiger charge is 2.14. The highest BCUT2D eigenvalue weighted by molar-refractivity contribution is 8.00. The lowest BCUT2D eigenvalue weighted by Gasteiger charge is -2.13. The molecule has 132 valence electrons. The van der Waals surface area contributed by atoms with E-state index in [0.29, 0.717) is 33.1 Å². The van der Waals surface area contributed by atoms with Crippen molar-refractivity contribution in [3.8, 4) is 11.8 Å². The summed E-state index contributed by atoms with van der Waals surface area (Å²) in [6.07, 6.45) is 1.18. The molecule has 6 nitrogen and oxygen atoms in total. The highest BCUT2D eigenvalue weighted by atomic mass is 32.2. The summed E-state index contributed by atoms with van der Waals surface area (Å²) in [7, 11) is -3.11. The fourth-order valence-electron chi connectivity index (χ4n) is 2.41. The summed E-state index contributed by atoms with van der Waals surface area (Å²) in [6.45, 7) is 0. The third-order valence-electron chi connectivity index (χ3n) is 3.68. The average molecular weight is 385 g/mol. The zero-order chi connectivity index (χ0) is 18.7. The summed E-state index contributed by atoms with van der Waals surface area (Å²) in [4.78, 5) is 17.5. The van der Waals surface area contributed by atoms with Gasteiger partial charge in [0.2, 0.25) is 0 Å². The first-order valence-corrected chi connectivity index (χ1v) is 10.8. The van der Waals surface area contributed by atoms with E-state index in [-0.39, 0.29) is 11.3 Å². The molecule has 0 spiro atoms. The molecule has 0 N–H and O–H groups in total. The lowest BCUT2D eigenvalue weighted by Crippen LogP contribution is -2.22.